The van der Waals surface area contributed by atoms with E-state index < -0.39 is 46.8 Å². The van der Waals surface area contributed by atoms with Gasteiger partial charge in [-0.05, 0) is 85.4 Å². The van der Waals surface area contributed by atoms with E-state index in [1.54, 1.807) is 46.9 Å². The Hall–Kier alpha value is -3.30. The molecule has 1 aromatic heterocycles. The number of alkyl halides is 3. The fourth-order valence-corrected chi connectivity index (χ4v) is 3.94. The molecule has 1 heterocycles. The highest BCUT2D eigenvalue weighted by molar-refractivity contribution is 7.14. The number of thiazole rings is 1. The molecule has 0 bridgehead atoms. The Morgan fingerprint density at radius 3 is 2.10 bits per heavy atom. The Bertz CT molecular complexity index is 1230. The summed E-state index contributed by atoms with van der Waals surface area (Å²) in [4.78, 5) is 31.6. The lowest BCUT2D eigenvalue weighted by molar-refractivity contribution is -0.137. The van der Waals surface area contributed by atoms with Gasteiger partial charge in [-0.3, -0.25) is 4.90 Å². The van der Waals surface area contributed by atoms with E-state index in [2.05, 4.69) is 22.1 Å². The normalized spacial score (nSPS) is 13.1. The van der Waals surface area contributed by atoms with Gasteiger partial charge >= 0.3 is 18.4 Å². The van der Waals surface area contributed by atoms with E-state index >= 15 is 0 Å². The fraction of sp³-hybridized carbons (Fsp3) is 0.536. The van der Waals surface area contributed by atoms with Crippen LogP contribution in [0.3, 0.4) is 0 Å². The summed E-state index contributed by atoms with van der Waals surface area (Å²) >= 11 is 1.11. The summed E-state index contributed by atoms with van der Waals surface area (Å²) in [6.07, 6.45) is -5.92. The van der Waals surface area contributed by atoms with Crippen LogP contribution >= 0.6 is 11.3 Å². The SMILES string of the molecule is CC(C)(O)C#Cc1csc(N(C[C@H](Cc2ccc(C(F)(F)F)cc2)NC(=O)OC(C)(C)C)C(=O)OC(C)(C)C)n1. The van der Waals surface area contributed by atoms with Crippen molar-refractivity contribution in [3.8, 4) is 11.8 Å². The molecule has 0 fully saturated rings. The lowest BCUT2D eigenvalue weighted by Gasteiger charge is -2.30. The molecule has 0 aliphatic carbocycles. The number of aromatic nitrogens is 1. The number of alkyl carbamates (subject to hydrolysis) is 1. The Kier molecular flexibility index (Phi) is 10.3. The second-order valence-electron chi connectivity index (χ2n) is 11.7. The van der Waals surface area contributed by atoms with Crippen molar-refractivity contribution in [3.63, 3.8) is 0 Å². The van der Waals surface area contributed by atoms with Gasteiger partial charge in [0.2, 0.25) is 0 Å². The van der Waals surface area contributed by atoms with E-state index in [4.69, 9.17) is 9.47 Å². The molecular formula is C28H36F3N3O5S. The first kappa shape index (κ1) is 32.9. The highest BCUT2D eigenvalue weighted by Crippen LogP contribution is 2.29. The summed E-state index contributed by atoms with van der Waals surface area (Å²) in [5.74, 6) is 5.41. The van der Waals surface area contributed by atoms with Crippen molar-refractivity contribution < 1.29 is 37.3 Å². The molecule has 8 nitrogen and oxygen atoms in total. The molecule has 1 atom stereocenters. The molecule has 12 heteroatoms. The lowest BCUT2D eigenvalue weighted by atomic mass is 10.0. The molecule has 220 valence electrons. The van der Waals surface area contributed by atoms with Gasteiger partial charge in [0.1, 0.15) is 22.5 Å². The van der Waals surface area contributed by atoms with E-state index in [0.717, 1.165) is 23.5 Å². The van der Waals surface area contributed by atoms with E-state index in [9.17, 15) is 27.9 Å². The van der Waals surface area contributed by atoms with Crippen LogP contribution in [-0.4, -0.2) is 51.7 Å². The molecule has 0 aliphatic heterocycles. The number of anilines is 1. The molecule has 0 aliphatic rings. The third-order valence-corrected chi connectivity index (χ3v) is 5.58. The van der Waals surface area contributed by atoms with Crippen molar-refractivity contribution >= 4 is 28.7 Å². The van der Waals surface area contributed by atoms with Crippen LogP contribution in [0.4, 0.5) is 27.9 Å². The van der Waals surface area contributed by atoms with Gasteiger partial charge in [0, 0.05) is 5.38 Å². The number of carbonyl (C=O) groups is 2. The molecule has 0 radical (unpaired) electrons. The highest BCUT2D eigenvalue weighted by Gasteiger charge is 2.32. The van der Waals surface area contributed by atoms with Crippen LogP contribution in [0.1, 0.15) is 72.2 Å². The van der Waals surface area contributed by atoms with E-state index in [-0.39, 0.29) is 18.1 Å². The molecular weight excluding hydrogens is 547 g/mol. The van der Waals surface area contributed by atoms with Gasteiger partial charge in [-0.2, -0.15) is 13.2 Å². The van der Waals surface area contributed by atoms with Crippen molar-refractivity contribution in [2.45, 2.75) is 90.8 Å². The lowest BCUT2D eigenvalue weighted by Crippen LogP contribution is -2.49. The first-order valence-corrected chi connectivity index (χ1v) is 13.4. The Balaban J connectivity index is 2.44. The molecule has 2 rings (SSSR count). The number of hydrogen-bond acceptors (Lipinski definition) is 7. The van der Waals surface area contributed by atoms with Crippen molar-refractivity contribution in [3.05, 3.63) is 46.5 Å². The van der Waals surface area contributed by atoms with Crippen molar-refractivity contribution in [2.24, 2.45) is 0 Å². The van der Waals surface area contributed by atoms with Crippen LogP contribution in [0.25, 0.3) is 0 Å². The van der Waals surface area contributed by atoms with Crippen molar-refractivity contribution in [1.82, 2.24) is 10.3 Å². The number of hydrogen-bond donors (Lipinski definition) is 2. The molecule has 0 unspecified atom stereocenters. The zero-order chi connectivity index (χ0) is 30.5. The number of benzene rings is 1. The summed E-state index contributed by atoms with van der Waals surface area (Å²) in [6.45, 7) is 13.1. The maximum Gasteiger partial charge on any atom is 0.416 e. The third-order valence-electron chi connectivity index (χ3n) is 4.72. The first-order chi connectivity index (χ1) is 18.1. The third kappa shape index (κ3) is 11.8. The highest BCUT2D eigenvalue weighted by atomic mass is 32.1. The zero-order valence-electron chi connectivity index (χ0n) is 23.9. The molecule has 2 aromatic rings. The first-order valence-electron chi connectivity index (χ1n) is 12.5. The van der Waals surface area contributed by atoms with Crippen molar-refractivity contribution in [2.75, 3.05) is 11.4 Å². The minimum absolute atomic E-state index is 0.0768. The maximum absolute atomic E-state index is 13.3. The summed E-state index contributed by atoms with van der Waals surface area (Å²) in [7, 11) is 0. The quantitative estimate of drug-likeness (QED) is 0.395. The van der Waals surface area contributed by atoms with E-state index in [1.165, 1.54) is 30.9 Å². The van der Waals surface area contributed by atoms with Crippen LogP contribution in [0.2, 0.25) is 0 Å². The zero-order valence-corrected chi connectivity index (χ0v) is 24.7. The number of ether oxygens (including phenoxy) is 2. The fourth-order valence-electron chi connectivity index (χ4n) is 3.18. The maximum atomic E-state index is 13.3. The van der Waals surface area contributed by atoms with Gasteiger partial charge in [0.25, 0.3) is 0 Å². The molecule has 0 saturated carbocycles. The van der Waals surface area contributed by atoms with Gasteiger partial charge in [-0.1, -0.05) is 18.1 Å². The van der Waals surface area contributed by atoms with Crippen LogP contribution < -0.4 is 10.2 Å². The van der Waals surface area contributed by atoms with Crippen LogP contribution in [0.5, 0.6) is 0 Å². The van der Waals surface area contributed by atoms with Gasteiger partial charge < -0.3 is 19.9 Å². The standard InChI is InChI=1S/C28H36F3N3O5S/c1-25(2,3)38-23(35)33-21(15-18-9-11-19(12-10-18)28(29,30)31)16-34(24(36)39-26(4,5)6)22-32-20(17-40-22)13-14-27(7,8)37/h9-12,17,21,37H,15-16H2,1-8H3,(H,33,35)/t21-/m0/s1. The van der Waals surface area contributed by atoms with E-state index in [1.807, 2.05) is 0 Å². The predicted molar refractivity (Wildman–Crippen MR) is 147 cm³/mol. The molecule has 40 heavy (non-hydrogen) atoms. The molecule has 2 N–H and O–H groups in total. The number of nitrogens with one attached hydrogen (secondary N) is 1. The summed E-state index contributed by atoms with van der Waals surface area (Å²) < 4.78 is 50.1. The number of amides is 2. The minimum atomic E-state index is -4.49. The second kappa shape index (κ2) is 12.5. The number of rotatable bonds is 6. The van der Waals surface area contributed by atoms with Gasteiger partial charge in [0.05, 0.1) is 18.2 Å². The smallest absolute Gasteiger partial charge is 0.416 e. The number of nitrogens with zero attached hydrogens (tertiary/aromatic N) is 2. The average molecular weight is 584 g/mol. The minimum Gasteiger partial charge on any atom is -0.444 e. The molecule has 0 spiro atoms. The largest absolute Gasteiger partial charge is 0.444 e. The monoisotopic (exact) mass is 583 g/mol. The van der Waals surface area contributed by atoms with Gasteiger partial charge in [0.15, 0.2) is 5.13 Å². The molecule has 1 aromatic carbocycles. The summed E-state index contributed by atoms with van der Waals surface area (Å²) in [6, 6.07) is 3.75. The van der Waals surface area contributed by atoms with Crippen LogP contribution in [0, 0.1) is 11.8 Å². The number of aliphatic hydroxyl groups is 1. The number of carbonyl (C=O) groups excluding carboxylic acids is 2. The summed E-state index contributed by atoms with van der Waals surface area (Å²) in [5.41, 5.74) is -2.90. The average Bonchev–Trinajstić information content (AvgIpc) is 3.21. The van der Waals surface area contributed by atoms with E-state index in [0.29, 0.717) is 11.3 Å². The molecule has 2 amide bonds. The van der Waals surface area contributed by atoms with Gasteiger partial charge in [-0.15, -0.1) is 11.3 Å². The Morgan fingerprint density at radius 1 is 1.02 bits per heavy atom. The Labute approximate surface area is 236 Å². The van der Waals surface area contributed by atoms with Crippen LogP contribution in [-0.2, 0) is 22.1 Å². The molecule has 0 saturated heterocycles. The van der Waals surface area contributed by atoms with Crippen molar-refractivity contribution in [1.29, 1.82) is 0 Å². The number of halogens is 3. The predicted octanol–water partition coefficient (Wildman–Crippen LogP) is 6.16. The summed E-state index contributed by atoms with van der Waals surface area (Å²) in [5, 5.41) is 14.4. The van der Waals surface area contributed by atoms with Crippen LogP contribution in [0.15, 0.2) is 29.6 Å². The second-order valence-corrected chi connectivity index (χ2v) is 12.5. The van der Waals surface area contributed by atoms with Gasteiger partial charge in [-0.25, -0.2) is 14.6 Å². The Morgan fingerprint density at radius 2 is 1.60 bits per heavy atom. The topological polar surface area (TPSA) is 101 Å².